The predicted octanol–water partition coefficient (Wildman–Crippen LogP) is 10.3. The molecule has 2 heteroatoms. The molecule has 182 valence electrons. The smallest absolute Gasteiger partial charge is 0.177 e. The van der Waals surface area contributed by atoms with Gasteiger partial charge < -0.3 is 9.47 Å². The minimum atomic E-state index is 0.658. The van der Waals surface area contributed by atoms with Gasteiger partial charge in [-0.3, -0.25) is 0 Å². The first kappa shape index (κ1) is 23.3. The zero-order valence-corrected chi connectivity index (χ0v) is 20.8. The maximum Gasteiger partial charge on any atom is 0.177 e. The number of para-hydroxylation sites is 2. The molecule has 38 heavy (non-hydrogen) atoms. The fraction of sp³-hybridized carbons (Fsp3) is 0. The molecule has 0 unspecified atom stereocenters. The maximum atomic E-state index is 6.50. The molecule has 0 radical (unpaired) electrons. The van der Waals surface area contributed by atoms with Crippen molar-refractivity contribution < 1.29 is 9.47 Å². The van der Waals surface area contributed by atoms with Crippen molar-refractivity contribution in [3.63, 3.8) is 0 Å². The lowest BCUT2D eigenvalue weighted by Gasteiger charge is -2.17. The molecule has 0 aliphatic rings. The number of ether oxygens (including phenoxy) is 2. The van der Waals surface area contributed by atoms with Gasteiger partial charge in [-0.2, -0.15) is 0 Å². The Labute approximate surface area is 223 Å². The molecule has 0 aliphatic heterocycles. The van der Waals surface area contributed by atoms with Crippen LogP contribution in [0.4, 0.5) is 0 Å². The quantitative estimate of drug-likeness (QED) is 0.222. The number of hydrogen-bond donors (Lipinski definition) is 0. The lowest BCUT2D eigenvalue weighted by Crippen LogP contribution is -1.94. The Morgan fingerprint density at radius 3 is 1.53 bits per heavy atom. The first-order chi connectivity index (χ1) is 18.8. The molecule has 2 nitrogen and oxygen atoms in total. The molecule has 0 N–H and O–H groups in total. The molecule has 0 amide bonds. The number of benzene rings is 6. The Balaban J connectivity index is 1.36. The molecule has 0 aromatic heterocycles. The van der Waals surface area contributed by atoms with Gasteiger partial charge in [0.15, 0.2) is 11.5 Å². The summed E-state index contributed by atoms with van der Waals surface area (Å²) in [5, 5.41) is 0. The van der Waals surface area contributed by atoms with Gasteiger partial charge in [0.05, 0.1) is 0 Å². The molecule has 6 aromatic rings. The van der Waals surface area contributed by atoms with Crippen molar-refractivity contribution in [3.05, 3.63) is 158 Å². The molecule has 0 saturated heterocycles. The summed E-state index contributed by atoms with van der Waals surface area (Å²) in [6, 6.07) is 53.3. The summed E-state index contributed by atoms with van der Waals surface area (Å²) in [6.07, 6.45) is 0. The van der Waals surface area contributed by atoms with Crippen LogP contribution in [0.5, 0.6) is 23.0 Å². The third-order valence-electron chi connectivity index (χ3n) is 6.39. The first-order valence-electron chi connectivity index (χ1n) is 12.7. The molecule has 0 atom stereocenters. The summed E-state index contributed by atoms with van der Waals surface area (Å²) in [5.41, 5.74) is 6.64. The Kier molecular flexibility index (Phi) is 6.69. The minimum absolute atomic E-state index is 0.658. The van der Waals surface area contributed by atoms with Crippen molar-refractivity contribution in [1.29, 1.82) is 0 Å². The Bertz CT molecular complexity index is 1640. The average molecular weight is 491 g/mol. The summed E-state index contributed by atoms with van der Waals surface area (Å²) in [5.74, 6) is 2.84. The monoisotopic (exact) mass is 490 g/mol. The van der Waals surface area contributed by atoms with E-state index in [1.54, 1.807) is 0 Å². The van der Waals surface area contributed by atoms with Crippen LogP contribution in [-0.2, 0) is 0 Å². The van der Waals surface area contributed by atoms with Crippen LogP contribution in [0.1, 0.15) is 0 Å². The van der Waals surface area contributed by atoms with Crippen LogP contribution < -0.4 is 9.47 Å². The lowest BCUT2D eigenvalue weighted by molar-refractivity contribution is 0.420. The van der Waals surface area contributed by atoms with Crippen molar-refractivity contribution in [2.45, 2.75) is 0 Å². The summed E-state index contributed by atoms with van der Waals surface area (Å²) >= 11 is 0. The van der Waals surface area contributed by atoms with Crippen LogP contribution in [0, 0.1) is 0 Å². The molecule has 0 aliphatic carbocycles. The largest absolute Gasteiger partial charge is 0.453 e. The zero-order valence-electron chi connectivity index (χ0n) is 20.8. The highest BCUT2D eigenvalue weighted by Gasteiger charge is 2.15. The molecule has 0 saturated carbocycles. The van der Waals surface area contributed by atoms with Crippen molar-refractivity contribution in [1.82, 2.24) is 0 Å². The Morgan fingerprint density at radius 1 is 0.316 bits per heavy atom. The van der Waals surface area contributed by atoms with E-state index in [-0.39, 0.29) is 0 Å². The van der Waals surface area contributed by atoms with Crippen molar-refractivity contribution >= 4 is 0 Å². The van der Waals surface area contributed by atoms with Crippen LogP contribution in [0.3, 0.4) is 0 Å². The third kappa shape index (κ3) is 5.21. The van der Waals surface area contributed by atoms with E-state index in [0.29, 0.717) is 11.5 Å². The summed E-state index contributed by atoms with van der Waals surface area (Å²) < 4.78 is 12.9. The Morgan fingerprint density at radius 2 is 0.816 bits per heavy atom. The molecular formula is C36H26O2. The number of hydrogen-bond acceptors (Lipinski definition) is 2. The minimum Gasteiger partial charge on any atom is -0.453 e. The van der Waals surface area contributed by atoms with E-state index in [2.05, 4.69) is 78.9 Å². The molecule has 0 fully saturated rings. The second-order valence-electron chi connectivity index (χ2n) is 8.99. The van der Waals surface area contributed by atoms with E-state index in [0.717, 1.165) is 33.8 Å². The van der Waals surface area contributed by atoms with E-state index < -0.39 is 0 Å². The van der Waals surface area contributed by atoms with Gasteiger partial charge in [-0.1, -0.05) is 121 Å². The van der Waals surface area contributed by atoms with E-state index in [9.17, 15) is 0 Å². The second kappa shape index (κ2) is 10.9. The summed E-state index contributed by atoms with van der Waals surface area (Å²) in [4.78, 5) is 0. The summed E-state index contributed by atoms with van der Waals surface area (Å²) in [6.45, 7) is 0. The van der Waals surface area contributed by atoms with Gasteiger partial charge in [0.25, 0.3) is 0 Å². The third-order valence-corrected chi connectivity index (χ3v) is 6.39. The average Bonchev–Trinajstić information content (AvgIpc) is 3.00. The van der Waals surface area contributed by atoms with Gasteiger partial charge in [-0.15, -0.1) is 0 Å². The summed E-state index contributed by atoms with van der Waals surface area (Å²) in [7, 11) is 0. The Hall–Kier alpha value is -5.08. The van der Waals surface area contributed by atoms with E-state index in [1.807, 2.05) is 78.9 Å². The topological polar surface area (TPSA) is 18.5 Å². The molecule has 6 aromatic carbocycles. The normalized spacial score (nSPS) is 10.6. The maximum absolute atomic E-state index is 6.50. The standard InChI is InChI=1S/C36H26O2/c1-4-13-27(14-5-1)29-17-10-18-30(25-29)31-19-11-22-33(26-31)37-35-24-12-23-34(28-15-6-2-7-16-28)36(35)38-32-20-8-3-9-21-32/h1-26H. The lowest BCUT2D eigenvalue weighted by atomic mass is 9.99. The van der Waals surface area contributed by atoms with Gasteiger partial charge in [-0.25, -0.2) is 0 Å². The van der Waals surface area contributed by atoms with Crippen LogP contribution in [0.15, 0.2) is 158 Å². The highest BCUT2D eigenvalue weighted by Crippen LogP contribution is 2.43. The zero-order chi connectivity index (χ0) is 25.6. The van der Waals surface area contributed by atoms with Gasteiger partial charge >= 0.3 is 0 Å². The van der Waals surface area contributed by atoms with Gasteiger partial charge in [-0.05, 0) is 64.2 Å². The van der Waals surface area contributed by atoms with Gasteiger partial charge in [0.1, 0.15) is 11.5 Å². The molecule has 0 spiro atoms. The highest BCUT2D eigenvalue weighted by atomic mass is 16.5. The predicted molar refractivity (Wildman–Crippen MR) is 156 cm³/mol. The highest BCUT2D eigenvalue weighted by molar-refractivity contribution is 5.76. The number of rotatable bonds is 7. The molecule has 0 bridgehead atoms. The van der Waals surface area contributed by atoms with Crippen LogP contribution in [-0.4, -0.2) is 0 Å². The fourth-order valence-corrected chi connectivity index (χ4v) is 4.53. The van der Waals surface area contributed by atoms with Crippen molar-refractivity contribution in [3.8, 4) is 56.4 Å². The molecule has 0 heterocycles. The molecular weight excluding hydrogens is 464 g/mol. The van der Waals surface area contributed by atoms with Crippen LogP contribution in [0.25, 0.3) is 33.4 Å². The fourth-order valence-electron chi connectivity index (χ4n) is 4.53. The SMILES string of the molecule is c1ccc(Oc2c(Oc3cccc(-c4cccc(-c5ccccc5)c4)c3)cccc2-c2ccccc2)cc1. The first-order valence-corrected chi connectivity index (χ1v) is 12.7. The van der Waals surface area contributed by atoms with E-state index in [4.69, 9.17) is 9.47 Å². The second-order valence-corrected chi connectivity index (χ2v) is 8.99. The van der Waals surface area contributed by atoms with E-state index in [1.165, 1.54) is 11.1 Å². The van der Waals surface area contributed by atoms with Crippen LogP contribution in [0.2, 0.25) is 0 Å². The van der Waals surface area contributed by atoms with Crippen LogP contribution >= 0.6 is 0 Å². The van der Waals surface area contributed by atoms with Crippen molar-refractivity contribution in [2.24, 2.45) is 0 Å². The van der Waals surface area contributed by atoms with Gasteiger partial charge in [0, 0.05) is 5.56 Å². The molecule has 6 rings (SSSR count). The van der Waals surface area contributed by atoms with Gasteiger partial charge in [0.2, 0.25) is 0 Å². The van der Waals surface area contributed by atoms with E-state index >= 15 is 0 Å². The van der Waals surface area contributed by atoms with Crippen molar-refractivity contribution in [2.75, 3.05) is 0 Å².